The number of anilines is 1. The van der Waals surface area contributed by atoms with E-state index in [-0.39, 0.29) is 11.2 Å². The molecule has 2 amide bonds. The molecule has 1 aromatic heterocycles. The van der Waals surface area contributed by atoms with Gasteiger partial charge in [0.05, 0.1) is 16.3 Å². The molecule has 122 valence electrons. The number of fused-ring (bicyclic) bond motifs is 1. The van der Waals surface area contributed by atoms with Gasteiger partial charge in [0.25, 0.3) is 0 Å². The molecular formula is C17H16N4O2S. The zero-order valence-electron chi connectivity index (χ0n) is 12.9. The summed E-state index contributed by atoms with van der Waals surface area (Å²) in [5.41, 5.74) is 7.93. The van der Waals surface area contributed by atoms with Gasteiger partial charge in [-0.1, -0.05) is 30.0 Å². The molecule has 0 radical (unpaired) electrons. The number of amides is 2. The number of carbonyl (C=O) groups excluding carboxylic acids is 2. The Balaban J connectivity index is 1.68. The molecule has 0 aliphatic rings. The topological polar surface area (TPSA) is 101 Å². The van der Waals surface area contributed by atoms with Gasteiger partial charge in [-0.25, -0.2) is 4.98 Å². The summed E-state index contributed by atoms with van der Waals surface area (Å²) in [7, 11) is 0. The van der Waals surface area contributed by atoms with Crippen LogP contribution in [0.3, 0.4) is 0 Å². The number of aromatic amines is 1. The van der Waals surface area contributed by atoms with Crippen molar-refractivity contribution in [1.82, 2.24) is 9.97 Å². The number of imidazole rings is 1. The number of nitrogens with zero attached hydrogens (tertiary/aromatic N) is 1. The third-order valence-corrected chi connectivity index (χ3v) is 4.42. The third-order valence-electron chi connectivity index (χ3n) is 3.44. The Labute approximate surface area is 142 Å². The van der Waals surface area contributed by atoms with Gasteiger partial charge in [0.15, 0.2) is 5.16 Å². The number of primary amides is 1. The molecule has 24 heavy (non-hydrogen) atoms. The summed E-state index contributed by atoms with van der Waals surface area (Å²) in [5.74, 6) is -0.710. The lowest BCUT2D eigenvalue weighted by Gasteiger charge is -2.11. The van der Waals surface area contributed by atoms with Crippen LogP contribution in [0.5, 0.6) is 0 Å². The molecule has 4 N–H and O–H groups in total. The second-order valence-corrected chi connectivity index (χ2v) is 6.58. The molecule has 0 saturated carbocycles. The highest BCUT2D eigenvalue weighted by molar-refractivity contribution is 8.00. The molecule has 2 aromatic carbocycles. The van der Waals surface area contributed by atoms with Crippen molar-refractivity contribution in [2.75, 3.05) is 5.32 Å². The van der Waals surface area contributed by atoms with Gasteiger partial charge in [-0.05, 0) is 37.3 Å². The maximum absolute atomic E-state index is 12.3. The Morgan fingerprint density at radius 2 is 2.00 bits per heavy atom. The average molecular weight is 340 g/mol. The van der Waals surface area contributed by atoms with Gasteiger partial charge in [0.2, 0.25) is 11.8 Å². The average Bonchev–Trinajstić information content (AvgIpc) is 2.97. The number of hydrogen-bond acceptors (Lipinski definition) is 4. The fourth-order valence-corrected chi connectivity index (χ4v) is 3.02. The molecule has 1 atom stereocenters. The number of thioether (sulfide) groups is 1. The van der Waals surface area contributed by atoms with Crippen LogP contribution in [0.15, 0.2) is 53.7 Å². The van der Waals surface area contributed by atoms with Crippen molar-refractivity contribution >= 4 is 40.3 Å². The van der Waals surface area contributed by atoms with E-state index in [0.29, 0.717) is 16.4 Å². The first-order chi connectivity index (χ1) is 11.5. The molecule has 0 aliphatic carbocycles. The SMILES string of the molecule is C[C@@H](Sc1nc2ccccc2[nH]1)C(=O)Nc1cccc(C(N)=O)c1. The zero-order chi connectivity index (χ0) is 17.1. The molecule has 6 nitrogen and oxygen atoms in total. The smallest absolute Gasteiger partial charge is 0.248 e. The summed E-state index contributed by atoms with van der Waals surface area (Å²) < 4.78 is 0. The van der Waals surface area contributed by atoms with Crippen molar-refractivity contribution in [2.45, 2.75) is 17.3 Å². The molecule has 0 unspecified atom stereocenters. The highest BCUT2D eigenvalue weighted by Gasteiger charge is 2.17. The summed E-state index contributed by atoms with van der Waals surface area (Å²) in [5, 5.41) is 3.11. The lowest BCUT2D eigenvalue weighted by molar-refractivity contribution is -0.115. The Bertz CT molecular complexity index is 873. The summed E-state index contributed by atoms with van der Waals surface area (Å²) in [6.07, 6.45) is 0. The molecule has 1 heterocycles. The van der Waals surface area contributed by atoms with Crippen molar-refractivity contribution < 1.29 is 9.59 Å². The van der Waals surface area contributed by atoms with Gasteiger partial charge in [0, 0.05) is 11.3 Å². The van der Waals surface area contributed by atoms with Gasteiger partial charge in [-0.2, -0.15) is 0 Å². The Morgan fingerprint density at radius 3 is 2.75 bits per heavy atom. The van der Waals surface area contributed by atoms with Gasteiger partial charge < -0.3 is 16.0 Å². The predicted octanol–water partition coefficient (Wildman–Crippen LogP) is 2.78. The Morgan fingerprint density at radius 1 is 1.21 bits per heavy atom. The van der Waals surface area contributed by atoms with E-state index in [1.807, 2.05) is 24.3 Å². The number of para-hydroxylation sites is 2. The molecule has 3 aromatic rings. The van der Waals surface area contributed by atoms with Gasteiger partial charge in [0.1, 0.15) is 0 Å². The number of rotatable bonds is 5. The zero-order valence-corrected chi connectivity index (χ0v) is 13.8. The first-order valence-corrected chi connectivity index (χ1v) is 8.23. The normalized spacial score (nSPS) is 12.0. The molecule has 0 aliphatic heterocycles. The first kappa shape index (κ1) is 16.1. The fourth-order valence-electron chi connectivity index (χ4n) is 2.20. The van der Waals surface area contributed by atoms with Crippen LogP contribution >= 0.6 is 11.8 Å². The van der Waals surface area contributed by atoms with Crippen LogP contribution < -0.4 is 11.1 Å². The second-order valence-electron chi connectivity index (χ2n) is 5.25. The minimum absolute atomic E-state index is 0.179. The number of benzene rings is 2. The van der Waals surface area contributed by atoms with Gasteiger partial charge in [-0.15, -0.1) is 0 Å². The molecule has 0 bridgehead atoms. The standard InChI is InChI=1S/C17H16N4O2S/c1-10(24-17-20-13-7-2-3-8-14(13)21-17)16(23)19-12-6-4-5-11(9-12)15(18)22/h2-10H,1H3,(H2,18,22)(H,19,23)(H,20,21)/t10-/m1/s1. The molecule has 7 heteroatoms. The number of nitrogens with two attached hydrogens (primary N) is 1. The minimum atomic E-state index is -0.532. The van der Waals surface area contributed by atoms with Gasteiger partial charge >= 0.3 is 0 Å². The molecule has 0 spiro atoms. The van der Waals surface area contributed by atoms with E-state index in [2.05, 4.69) is 15.3 Å². The maximum atomic E-state index is 12.3. The van der Waals surface area contributed by atoms with E-state index in [4.69, 9.17) is 5.73 Å². The largest absolute Gasteiger partial charge is 0.366 e. The number of nitrogens with one attached hydrogen (secondary N) is 2. The van der Waals surface area contributed by atoms with Crippen molar-refractivity contribution in [3.8, 4) is 0 Å². The van der Waals surface area contributed by atoms with E-state index in [1.54, 1.807) is 31.2 Å². The monoisotopic (exact) mass is 340 g/mol. The lowest BCUT2D eigenvalue weighted by Crippen LogP contribution is -2.22. The fraction of sp³-hybridized carbons (Fsp3) is 0.118. The highest BCUT2D eigenvalue weighted by atomic mass is 32.2. The number of hydrogen-bond donors (Lipinski definition) is 3. The number of aromatic nitrogens is 2. The van der Waals surface area contributed by atoms with E-state index < -0.39 is 5.91 Å². The molecule has 3 rings (SSSR count). The molecule has 0 fully saturated rings. The van der Waals surface area contributed by atoms with Crippen molar-refractivity contribution in [2.24, 2.45) is 5.73 Å². The third kappa shape index (κ3) is 3.57. The lowest BCUT2D eigenvalue weighted by atomic mass is 10.2. The number of carbonyl (C=O) groups is 2. The molecular weight excluding hydrogens is 324 g/mol. The molecule has 0 saturated heterocycles. The van der Waals surface area contributed by atoms with Gasteiger partial charge in [-0.3, -0.25) is 9.59 Å². The van der Waals surface area contributed by atoms with Crippen LogP contribution in [-0.2, 0) is 4.79 Å². The van der Waals surface area contributed by atoms with Crippen LogP contribution in [0, 0.1) is 0 Å². The predicted molar refractivity (Wildman–Crippen MR) is 95.0 cm³/mol. The Kier molecular flexibility index (Phi) is 4.52. The highest BCUT2D eigenvalue weighted by Crippen LogP contribution is 2.24. The summed E-state index contributed by atoms with van der Waals surface area (Å²) in [4.78, 5) is 31.1. The summed E-state index contributed by atoms with van der Waals surface area (Å²) >= 11 is 1.34. The quantitative estimate of drug-likeness (QED) is 0.622. The van der Waals surface area contributed by atoms with Crippen molar-refractivity contribution in [1.29, 1.82) is 0 Å². The van der Waals surface area contributed by atoms with Crippen LogP contribution in [0.4, 0.5) is 5.69 Å². The summed E-state index contributed by atoms with van der Waals surface area (Å²) in [6.45, 7) is 1.80. The van der Waals surface area contributed by atoms with Crippen molar-refractivity contribution in [3.05, 3.63) is 54.1 Å². The van der Waals surface area contributed by atoms with Crippen molar-refractivity contribution in [3.63, 3.8) is 0 Å². The van der Waals surface area contributed by atoms with E-state index in [9.17, 15) is 9.59 Å². The van der Waals surface area contributed by atoms with Crippen LogP contribution in [0.2, 0.25) is 0 Å². The number of H-pyrrole nitrogens is 1. The van der Waals surface area contributed by atoms with Crippen LogP contribution in [0.25, 0.3) is 11.0 Å². The minimum Gasteiger partial charge on any atom is -0.366 e. The van der Waals surface area contributed by atoms with E-state index in [0.717, 1.165) is 11.0 Å². The maximum Gasteiger partial charge on any atom is 0.248 e. The Hall–Kier alpha value is -2.80. The van der Waals surface area contributed by atoms with E-state index >= 15 is 0 Å². The van der Waals surface area contributed by atoms with E-state index in [1.165, 1.54) is 11.8 Å². The first-order valence-electron chi connectivity index (χ1n) is 7.35. The van der Waals surface area contributed by atoms with Crippen LogP contribution in [-0.4, -0.2) is 27.0 Å². The van der Waals surface area contributed by atoms with Crippen LogP contribution in [0.1, 0.15) is 17.3 Å². The summed E-state index contributed by atoms with van der Waals surface area (Å²) in [6, 6.07) is 14.2. The second kappa shape index (κ2) is 6.76.